The van der Waals surface area contributed by atoms with Gasteiger partial charge in [-0.2, -0.15) is 0 Å². The van der Waals surface area contributed by atoms with Gasteiger partial charge in [0.05, 0.1) is 0 Å². The van der Waals surface area contributed by atoms with Gasteiger partial charge in [-0.1, -0.05) is 47.0 Å². The molecule has 2 N–H and O–H groups in total. The first-order valence-corrected chi connectivity index (χ1v) is 6.72. The molecule has 1 fully saturated rings. The molecule has 0 aromatic heterocycles. The van der Waals surface area contributed by atoms with Gasteiger partial charge in [-0.15, -0.1) is 0 Å². The van der Waals surface area contributed by atoms with Crippen molar-refractivity contribution < 1.29 is 0 Å². The summed E-state index contributed by atoms with van der Waals surface area (Å²) < 4.78 is 0. The van der Waals surface area contributed by atoms with Gasteiger partial charge in [0, 0.05) is 5.54 Å². The Labute approximate surface area is 95.8 Å². The van der Waals surface area contributed by atoms with Gasteiger partial charge in [0.2, 0.25) is 0 Å². The number of hydrogen-bond acceptors (Lipinski definition) is 1. The molecule has 1 saturated carbocycles. The highest BCUT2D eigenvalue weighted by Gasteiger charge is 2.36. The highest BCUT2D eigenvalue weighted by molar-refractivity contribution is 4.94. The summed E-state index contributed by atoms with van der Waals surface area (Å²) in [7, 11) is 0. The molecule has 1 nitrogen and oxygen atoms in total. The Morgan fingerprint density at radius 2 is 1.60 bits per heavy atom. The van der Waals surface area contributed by atoms with Crippen LogP contribution in [0.1, 0.15) is 72.6 Å². The third-order valence-electron chi connectivity index (χ3n) is 4.56. The Balaban J connectivity index is 2.69. The summed E-state index contributed by atoms with van der Waals surface area (Å²) in [5, 5.41) is 0. The van der Waals surface area contributed by atoms with Crippen molar-refractivity contribution in [2.45, 2.75) is 78.2 Å². The molecule has 0 saturated heterocycles. The topological polar surface area (TPSA) is 26.0 Å². The van der Waals surface area contributed by atoms with Crippen LogP contribution in [-0.2, 0) is 0 Å². The van der Waals surface area contributed by atoms with Crippen molar-refractivity contribution in [1.29, 1.82) is 0 Å². The van der Waals surface area contributed by atoms with Crippen LogP contribution < -0.4 is 5.73 Å². The number of nitrogens with two attached hydrogens (primary N) is 1. The molecular weight excluding hydrogens is 182 g/mol. The molecule has 1 atom stereocenters. The molecule has 1 aliphatic carbocycles. The fourth-order valence-electron chi connectivity index (χ4n) is 3.23. The number of rotatable bonds is 3. The monoisotopic (exact) mass is 211 g/mol. The smallest absolute Gasteiger partial charge is 0.0182 e. The van der Waals surface area contributed by atoms with Crippen LogP contribution in [0, 0.1) is 11.3 Å². The third kappa shape index (κ3) is 3.21. The van der Waals surface area contributed by atoms with E-state index >= 15 is 0 Å². The predicted octanol–water partition coefficient (Wildman–Crippen LogP) is 4.11. The Morgan fingerprint density at radius 3 is 2.13 bits per heavy atom. The summed E-state index contributed by atoms with van der Waals surface area (Å²) >= 11 is 0. The first kappa shape index (κ1) is 13.0. The Morgan fingerprint density at radius 1 is 1.00 bits per heavy atom. The van der Waals surface area contributed by atoms with Crippen LogP contribution in [0.3, 0.4) is 0 Å². The van der Waals surface area contributed by atoms with Crippen LogP contribution in [0.25, 0.3) is 0 Å². The Hall–Kier alpha value is -0.0400. The van der Waals surface area contributed by atoms with Crippen molar-refractivity contribution in [3.63, 3.8) is 0 Å². The van der Waals surface area contributed by atoms with Crippen LogP contribution in [0.15, 0.2) is 0 Å². The molecule has 0 aromatic rings. The van der Waals surface area contributed by atoms with Gasteiger partial charge in [0.15, 0.2) is 0 Å². The van der Waals surface area contributed by atoms with Gasteiger partial charge in [-0.3, -0.25) is 0 Å². The van der Waals surface area contributed by atoms with E-state index in [0.29, 0.717) is 5.41 Å². The van der Waals surface area contributed by atoms with Gasteiger partial charge in [-0.05, 0) is 37.0 Å². The molecule has 90 valence electrons. The van der Waals surface area contributed by atoms with E-state index in [1.165, 1.54) is 44.9 Å². The highest BCUT2D eigenvalue weighted by atomic mass is 14.8. The minimum Gasteiger partial charge on any atom is -0.325 e. The van der Waals surface area contributed by atoms with Crippen LogP contribution in [0.5, 0.6) is 0 Å². The molecule has 1 aliphatic rings. The van der Waals surface area contributed by atoms with E-state index in [1.807, 2.05) is 0 Å². The van der Waals surface area contributed by atoms with Crippen molar-refractivity contribution in [3.8, 4) is 0 Å². The third-order valence-corrected chi connectivity index (χ3v) is 4.56. The summed E-state index contributed by atoms with van der Waals surface area (Å²) in [6.45, 7) is 9.37. The maximum Gasteiger partial charge on any atom is 0.0182 e. The van der Waals surface area contributed by atoms with Crippen LogP contribution in [0.4, 0.5) is 0 Å². The van der Waals surface area contributed by atoms with E-state index in [-0.39, 0.29) is 5.54 Å². The maximum absolute atomic E-state index is 6.65. The second kappa shape index (κ2) is 4.86. The maximum atomic E-state index is 6.65. The molecule has 1 unspecified atom stereocenters. The normalized spacial score (nSPS) is 31.6. The van der Waals surface area contributed by atoms with Gasteiger partial charge >= 0.3 is 0 Å². The van der Waals surface area contributed by atoms with E-state index in [1.54, 1.807) is 0 Å². The SMILES string of the molecule is CCC(CC)C1(N)CCCC(C)(C)CC1. The zero-order valence-corrected chi connectivity index (χ0v) is 11.1. The van der Waals surface area contributed by atoms with Crippen molar-refractivity contribution in [1.82, 2.24) is 0 Å². The largest absolute Gasteiger partial charge is 0.325 e. The molecule has 0 bridgehead atoms. The van der Waals surface area contributed by atoms with E-state index in [2.05, 4.69) is 27.7 Å². The lowest BCUT2D eigenvalue weighted by Crippen LogP contribution is -2.46. The summed E-state index contributed by atoms with van der Waals surface area (Å²) in [5.41, 5.74) is 7.30. The Bertz CT molecular complexity index is 194. The molecule has 15 heavy (non-hydrogen) atoms. The minimum absolute atomic E-state index is 0.136. The lowest BCUT2D eigenvalue weighted by Gasteiger charge is -2.36. The van der Waals surface area contributed by atoms with Gasteiger partial charge in [-0.25, -0.2) is 0 Å². The predicted molar refractivity (Wildman–Crippen MR) is 67.9 cm³/mol. The average Bonchev–Trinajstić information content (AvgIpc) is 2.29. The lowest BCUT2D eigenvalue weighted by atomic mass is 9.75. The molecule has 0 amide bonds. The first-order valence-electron chi connectivity index (χ1n) is 6.72. The zero-order chi connectivity index (χ0) is 11.5. The van der Waals surface area contributed by atoms with Crippen molar-refractivity contribution in [2.75, 3.05) is 0 Å². The van der Waals surface area contributed by atoms with E-state index in [0.717, 1.165) is 5.92 Å². The molecule has 0 spiro atoms. The van der Waals surface area contributed by atoms with E-state index < -0.39 is 0 Å². The quantitative estimate of drug-likeness (QED) is 0.698. The van der Waals surface area contributed by atoms with Crippen LogP contribution in [-0.4, -0.2) is 5.54 Å². The molecule has 0 aromatic carbocycles. The minimum atomic E-state index is 0.136. The van der Waals surface area contributed by atoms with Gasteiger partial charge in [0.25, 0.3) is 0 Å². The molecule has 0 heterocycles. The highest BCUT2D eigenvalue weighted by Crippen LogP contribution is 2.41. The number of hydrogen-bond donors (Lipinski definition) is 1. The molecule has 1 heteroatoms. The van der Waals surface area contributed by atoms with Crippen molar-refractivity contribution >= 4 is 0 Å². The van der Waals surface area contributed by atoms with Crippen molar-refractivity contribution in [3.05, 3.63) is 0 Å². The van der Waals surface area contributed by atoms with Crippen molar-refractivity contribution in [2.24, 2.45) is 17.1 Å². The first-order chi connectivity index (χ1) is 6.93. The molecule has 0 radical (unpaired) electrons. The molecule has 1 rings (SSSR count). The second-order valence-electron chi connectivity index (χ2n) is 6.26. The standard InChI is InChI=1S/C14H29N/c1-5-12(6-2)14(15)9-7-8-13(3,4)10-11-14/h12H,5-11,15H2,1-4H3. The summed E-state index contributed by atoms with van der Waals surface area (Å²) in [5.74, 6) is 0.728. The molecule has 0 aliphatic heterocycles. The summed E-state index contributed by atoms with van der Waals surface area (Å²) in [4.78, 5) is 0. The second-order valence-corrected chi connectivity index (χ2v) is 6.26. The van der Waals surface area contributed by atoms with Gasteiger partial charge in [0.1, 0.15) is 0 Å². The summed E-state index contributed by atoms with van der Waals surface area (Å²) in [6, 6.07) is 0. The van der Waals surface area contributed by atoms with Crippen LogP contribution >= 0.6 is 0 Å². The Kier molecular flexibility index (Phi) is 4.22. The lowest BCUT2D eigenvalue weighted by molar-refractivity contribution is 0.214. The fraction of sp³-hybridized carbons (Fsp3) is 1.00. The zero-order valence-electron chi connectivity index (χ0n) is 11.1. The van der Waals surface area contributed by atoms with E-state index in [9.17, 15) is 0 Å². The summed E-state index contributed by atoms with van der Waals surface area (Å²) in [6.07, 6.45) is 8.93. The average molecular weight is 211 g/mol. The van der Waals surface area contributed by atoms with E-state index in [4.69, 9.17) is 5.73 Å². The fourth-order valence-corrected chi connectivity index (χ4v) is 3.23. The van der Waals surface area contributed by atoms with Gasteiger partial charge < -0.3 is 5.73 Å². The van der Waals surface area contributed by atoms with Crippen LogP contribution in [0.2, 0.25) is 0 Å². The molecular formula is C14H29N.